The summed E-state index contributed by atoms with van der Waals surface area (Å²) in [6.07, 6.45) is 9.19. The van der Waals surface area contributed by atoms with Crippen LogP contribution in [0.2, 0.25) is 0 Å². The third kappa shape index (κ3) is 7.05. The van der Waals surface area contributed by atoms with Crippen molar-refractivity contribution in [2.75, 3.05) is 7.11 Å². The van der Waals surface area contributed by atoms with E-state index < -0.39 is 0 Å². The Labute approximate surface area is 166 Å². The lowest BCUT2D eigenvalue weighted by atomic mass is 9.87. The van der Waals surface area contributed by atoms with E-state index >= 15 is 0 Å². The van der Waals surface area contributed by atoms with E-state index in [9.17, 15) is 4.79 Å². The van der Waals surface area contributed by atoms with E-state index in [0.29, 0.717) is 0 Å². The van der Waals surface area contributed by atoms with Gasteiger partial charge < -0.3 is 4.74 Å². The second kappa shape index (κ2) is 14.8. The SMILES string of the molecule is C=C/C=C\C(C1=NN(C(C)=O)C(/C(C=C)=C/C)C1C)=C(/C)OC.CC.CC. The van der Waals surface area contributed by atoms with Crippen molar-refractivity contribution in [1.82, 2.24) is 5.01 Å². The molecule has 2 atom stereocenters. The van der Waals surface area contributed by atoms with Crippen molar-refractivity contribution in [2.45, 2.75) is 61.4 Å². The Morgan fingerprint density at radius 2 is 1.74 bits per heavy atom. The van der Waals surface area contributed by atoms with Crippen LogP contribution in [0.25, 0.3) is 0 Å². The molecule has 1 rings (SSSR count). The maximum absolute atomic E-state index is 12.0. The molecule has 0 spiro atoms. The van der Waals surface area contributed by atoms with Gasteiger partial charge >= 0.3 is 0 Å². The van der Waals surface area contributed by atoms with Crippen molar-refractivity contribution < 1.29 is 9.53 Å². The first-order chi connectivity index (χ1) is 12.9. The zero-order chi connectivity index (χ0) is 21.6. The van der Waals surface area contributed by atoms with Gasteiger partial charge in [0.1, 0.15) is 5.76 Å². The first-order valence-electron chi connectivity index (χ1n) is 9.64. The number of allylic oxidation sites excluding steroid dienone is 6. The molecule has 0 fully saturated rings. The fraction of sp³-hybridized carbons (Fsp3) is 0.478. The van der Waals surface area contributed by atoms with Crippen LogP contribution in [0.1, 0.15) is 55.4 Å². The Balaban J connectivity index is 0. The van der Waals surface area contributed by atoms with Gasteiger partial charge in [0.2, 0.25) is 5.91 Å². The van der Waals surface area contributed by atoms with Crippen LogP contribution < -0.4 is 0 Å². The number of hydrazone groups is 1. The fourth-order valence-corrected chi connectivity index (χ4v) is 2.69. The fourth-order valence-electron chi connectivity index (χ4n) is 2.69. The van der Waals surface area contributed by atoms with E-state index in [2.05, 4.69) is 25.2 Å². The first kappa shape index (κ1) is 26.9. The van der Waals surface area contributed by atoms with Gasteiger partial charge in [0.05, 0.1) is 18.9 Å². The van der Waals surface area contributed by atoms with Crippen molar-refractivity contribution in [3.05, 3.63) is 60.4 Å². The number of nitrogens with zero attached hydrogens (tertiary/aromatic N) is 2. The van der Waals surface area contributed by atoms with Crippen LogP contribution in [-0.2, 0) is 9.53 Å². The highest BCUT2D eigenvalue weighted by atomic mass is 16.5. The summed E-state index contributed by atoms with van der Waals surface area (Å²) in [7, 11) is 1.62. The standard InChI is InChI=1S/C19H26N2O2.2C2H6/c1-8-11-12-17(14(5)23-7)18-13(4)19(16(9-2)10-3)21(20-18)15(6)22;2*1-2/h8-13,19H,1-2H2,3-7H3;2*1-2H3/b12-11-,16-10+,17-14-;;. The number of amides is 1. The molecular weight excluding hydrogens is 336 g/mol. The number of carbonyl (C=O) groups excluding carboxylic acids is 1. The molecule has 0 aromatic rings. The Morgan fingerprint density at radius 1 is 1.19 bits per heavy atom. The summed E-state index contributed by atoms with van der Waals surface area (Å²) >= 11 is 0. The minimum atomic E-state index is -0.151. The van der Waals surface area contributed by atoms with E-state index in [1.165, 1.54) is 11.9 Å². The predicted molar refractivity (Wildman–Crippen MR) is 119 cm³/mol. The molecule has 0 aromatic heterocycles. The molecule has 4 heteroatoms. The minimum absolute atomic E-state index is 0.0256. The van der Waals surface area contributed by atoms with Gasteiger partial charge in [-0.1, -0.05) is 72.1 Å². The van der Waals surface area contributed by atoms with E-state index in [1.54, 1.807) is 19.3 Å². The van der Waals surface area contributed by atoms with Gasteiger partial charge in [-0.3, -0.25) is 4.79 Å². The topological polar surface area (TPSA) is 41.9 Å². The lowest BCUT2D eigenvalue weighted by Gasteiger charge is -2.25. The average molecular weight is 375 g/mol. The van der Waals surface area contributed by atoms with E-state index in [-0.39, 0.29) is 17.9 Å². The van der Waals surface area contributed by atoms with E-state index in [1.807, 2.05) is 59.8 Å². The van der Waals surface area contributed by atoms with Crippen LogP contribution in [0.3, 0.4) is 0 Å². The Kier molecular flexibility index (Phi) is 14.7. The Hall–Kier alpha value is -2.36. The molecule has 0 aliphatic carbocycles. The molecule has 1 aliphatic heterocycles. The van der Waals surface area contributed by atoms with Crippen LogP contribution in [0, 0.1) is 5.92 Å². The number of rotatable bonds is 6. The summed E-state index contributed by atoms with van der Waals surface area (Å²) in [5.74, 6) is 0.677. The summed E-state index contributed by atoms with van der Waals surface area (Å²) in [5, 5.41) is 6.11. The molecule has 4 nitrogen and oxygen atoms in total. The molecule has 2 unspecified atom stereocenters. The van der Waals surface area contributed by atoms with Crippen LogP contribution in [-0.4, -0.2) is 29.8 Å². The molecular formula is C23H38N2O2. The van der Waals surface area contributed by atoms with Crippen molar-refractivity contribution >= 4 is 11.6 Å². The largest absolute Gasteiger partial charge is 0.501 e. The summed E-state index contributed by atoms with van der Waals surface area (Å²) < 4.78 is 5.39. The highest BCUT2D eigenvalue weighted by molar-refractivity contribution is 6.07. The molecule has 1 amide bonds. The van der Waals surface area contributed by atoms with Crippen LogP contribution in [0.15, 0.2) is 65.5 Å². The Bertz CT molecular complexity index is 610. The number of hydrogen-bond acceptors (Lipinski definition) is 3. The second-order valence-corrected chi connectivity index (χ2v) is 5.34. The number of methoxy groups -OCH3 is 1. The number of ether oxygens (including phenoxy) is 1. The van der Waals surface area contributed by atoms with Crippen molar-refractivity contribution in [1.29, 1.82) is 0 Å². The molecule has 0 N–H and O–H groups in total. The van der Waals surface area contributed by atoms with Gasteiger partial charge in [-0.15, -0.1) is 0 Å². The molecule has 1 heterocycles. The van der Waals surface area contributed by atoms with Gasteiger partial charge in [0.15, 0.2) is 0 Å². The summed E-state index contributed by atoms with van der Waals surface area (Å²) in [6.45, 7) is 23.0. The first-order valence-corrected chi connectivity index (χ1v) is 9.64. The molecule has 0 saturated carbocycles. The summed E-state index contributed by atoms with van der Waals surface area (Å²) in [5.41, 5.74) is 2.67. The molecule has 27 heavy (non-hydrogen) atoms. The van der Waals surface area contributed by atoms with Gasteiger partial charge in [-0.2, -0.15) is 5.10 Å². The highest BCUT2D eigenvalue weighted by Crippen LogP contribution is 2.32. The lowest BCUT2D eigenvalue weighted by molar-refractivity contribution is -0.130. The molecule has 1 aliphatic rings. The highest BCUT2D eigenvalue weighted by Gasteiger charge is 2.39. The third-order valence-corrected chi connectivity index (χ3v) is 3.98. The second-order valence-electron chi connectivity index (χ2n) is 5.34. The molecule has 152 valence electrons. The zero-order valence-corrected chi connectivity index (χ0v) is 18.7. The zero-order valence-electron chi connectivity index (χ0n) is 18.7. The van der Waals surface area contributed by atoms with Gasteiger partial charge in [-0.25, -0.2) is 5.01 Å². The molecule has 0 aromatic carbocycles. The van der Waals surface area contributed by atoms with Crippen LogP contribution in [0.5, 0.6) is 0 Å². The number of carbonyl (C=O) groups is 1. The maximum Gasteiger partial charge on any atom is 0.240 e. The quantitative estimate of drug-likeness (QED) is 0.419. The Morgan fingerprint density at radius 3 is 2.11 bits per heavy atom. The average Bonchev–Trinajstić information content (AvgIpc) is 3.04. The third-order valence-electron chi connectivity index (χ3n) is 3.98. The van der Waals surface area contributed by atoms with Crippen molar-refractivity contribution in [3.63, 3.8) is 0 Å². The molecule has 0 radical (unpaired) electrons. The smallest absolute Gasteiger partial charge is 0.240 e. The van der Waals surface area contributed by atoms with Crippen molar-refractivity contribution in [2.24, 2.45) is 11.0 Å². The lowest BCUT2D eigenvalue weighted by Crippen LogP contribution is -2.36. The molecule has 0 bridgehead atoms. The van der Waals surface area contributed by atoms with Gasteiger partial charge in [0.25, 0.3) is 0 Å². The number of hydrogen-bond donors (Lipinski definition) is 0. The monoisotopic (exact) mass is 374 g/mol. The molecule has 0 saturated heterocycles. The predicted octanol–water partition coefficient (Wildman–Crippen LogP) is 6.06. The minimum Gasteiger partial charge on any atom is -0.501 e. The maximum atomic E-state index is 12.0. The van der Waals surface area contributed by atoms with Gasteiger partial charge in [-0.05, 0) is 25.5 Å². The normalized spacial score (nSPS) is 19.8. The van der Waals surface area contributed by atoms with Crippen molar-refractivity contribution in [3.8, 4) is 0 Å². The van der Waals surface area contributed by atoms with E-state index in [0.717, 1.165) is 22.6 Å². The summed E-state index contributed by atoms with van der Waals surface area (Å²) in [4.78, 5) is 12.0. The van der Waals surface area contributed by atoms with Crippen LogP contribution in [0.4, 0.5) is 0 Å². The van der Waals surface area contributed by atoms with Gasteiger partial charge in [0, 0.05) is 18.4 Å². The van der Waals surface area contributed by atoms with E-state index in [4.69, 9.17) is 4.74 Å². The summed E-state index contributed by atoms with van der Waals surface area (Å²) in [6, 6.07) is -0.151. The van der Waals surface area contributed by atoms with Crippen LogP contribution >= 0.6 is 0 Å².